The lowest BCUT2D eigenvalue weighted by Crippen LogP contribution is -2.40. The molecule has 0 unspecified atom stereocenters. The number of hydrogen-bond donors (Lipinski definition) is 1. The summed E-state index contributed by atoms with van der Waals surface area (Å²) in [5.41, 5.74) is 4.76. The molecular formula is C26H27N5O3S. The Morgan fingerprint density at radius 1 is 1.11 bits per heavy atom. The molecule has 9 heteroatoms. The third-order valence-electron chi connectivity index (χ3n) is 6.31. The van der Waals surface area contributed by atoms with Gasteiger partial charge < -0.3 is 15.0 Å². The number of aromatic nitrogens is 3. The molecule has 1 aliphatic heterocycles. The molecule has 2 aromatic heterocycles. The molecule has 3 heterocycles. The first-order valence-electron chi connectivity index (χ1n) is 11.6. The summed E-state index contributed by atoms with van der Waals surface area (Å²) in [6.07, 6.45) is 1.67. The number of thiazole rings is 1. The van der Waals surface area contributed by atoms with E-state index >= 15 is 0 Å². The van der Waals surface area contributed by atoms with Crippen LogP contribution in [0.1, 0.15) is 34.5 Å². The summed E-state index contributed by atoms with van der Waals surface area (Å²) >= 11 is 1.61. The second kappa shape index (κ2) is 9.50. The van der Waals surface area contributed by atoms with Gasteiger partial charge in [-0.2, -0.15) is 10.1 Å². The van der Waals surface area contributed by atoms with Crippen LogP contribution < -0.4 is 10.2 Å². The van der Waals surface area contributed by atoms with Crippen molar-refractivity contribution in [2.24, 2.45) is 5.92 Å². The predicted molar refractivity (Wildman–Crippen MR) is 138 cm³/mol. The molecule has 2 aromatic carbocycles. The zero-order valence-electron chi connectivity index (χ0n) is 19.9. The van der Waals surface area contributed by atoms with Gasteiger partial charge >= 0.3 is 5.97 Å². The van der Waals surface area contributed by atoms with Crippen molar-refractivity contribution in [1.82, 2.24) is 14.8 Å². The number of carbonyl (C=O) groups excluding carboxylic acids is 2. The van der Waals surface area contributed by atoms with Crippen molar-refractivity contribution in [2.75, 3.05) is 30.4 Å². The van der Waals surface area contributed by atoms with Gasteiger partial charge in [-0.3, -0.25) is 4.79 Å². The molecule has 8 nitrogen and oxygen atoms in total. The van der Waals surface area contributed by atoms with Gasteiger partial charge in [-0.15, -0.1) is 0 Å². The van der Waals surface area contributed by atoms with E-state index in [0.29, 0.717) is 17.8 Å². The SMILES string of the molecule is COC(=O)c1ccccc1NC(=O)[C@H]1CCCN(c2nc3c(s2)c(C)nn3-c2ccc(C)cc2)C1. The topological polar surface area (TPSA) is 89.3 Å². The van der Waals surface area contributed by atoms with E-state index < -0.39 is 5.97 Å². The summed E-state index contributed by atoms with van der Waals surface area (Å²) in [7, 11) is 1.33. The predicted octanol–water partition coefficient (Wildman–Crippen LogP) is 4.74. The van der Waals surface area contributed by atoms with Crippen LogP contribution in [-0.2, 0) is 9.53 Å². The molecule has 1 aliphatic rings. The van der Waals surface area contributed by atoms with E-state index in [4.69, 9.17) is 14.8 Å². The number of benzene rings is 2. The fourth-order valence-corrected chi connectivity index (χ4v) is 5.43. The van der Waals surface area contributed by atoms with E-state index in [2.05, 4.69) is 29.3 Å². The number of hydrogen-bond acceptors (Lipinski definition) is 7. The highest BCUT2D eigenvalue weighted by atomic mass is 32.1. The minimum Gasteiger partial charge on any atom is -0.465 e. The largest absolute Gasteiger partial charge is 0.465 e. The first-order valence-corrected chi connectivity index (χ1v) is 12.4. The molecular weight excluding hydrogens is 462 g/mol. The molecule has 0 radical (unpaired) electrons. The Labute approximate surface area is 207 Å². The monoisotopic (exact) mass is 489 g/mol. The highest BCUT2D eigenvalue weighted by Crippen LogP contribution is 2.34. The molecule has 5 rings (SSSR count). The average Bonchev–Trinajstić information content (AvgIpc) is 3.45. The molecule has 1 atom stereocenters. The van der Waals surface area contributed by atoms with Gasteiger partial charge in [0.05, 0.1) is 40.4 Å². The summed E-state index contributed by atoms with van der Waals surface area (Å²) in [5, 5.41) is 8.53. The number of nitrogens with zero attached hydrogens (tertiary/aromatic N) is 4. The van der Waals surface area contributed by atoms with E-state index in [1.165, 1.54) is 12.7 Å². The van der Waals surface area contributed by atoms with Gasteiger partial charge in [0.15, 0.2) is 10.8 Å². The maximum Gasteiger partial charge on any atom is 0.339 e. The third-order valence-corrected chi connectivity index (χ3v) is 7.52. The maximum absolute atomic E-state index is 13.1. The Kier molecular flexibility index (Phi) is 6.25. The van der Waals surface area contributed by atoms with Crippen LogP contribution in [0.4, 0.5) is 10.8 Å². The third kappa shape index (κ3) is 4.51. The molecule has 1 fully saturated rings. The summed E-state index contributed by atoms with van der Waals surface area (Å²) in [5.74, 6) is -0.788. The molecule has 1 N–H and O–H groups in total. The van der Waals surface area contributed by atoms with Crippen LogP contribution in [0.2, 0.25) is 0 Å². The minimum absolute atomic E-state index is 0.103. The molecule has 1 saturated heterocycles. The van der Waals surface area contributed by atoms with E-state index in [1.807, 2.05) is 23.7 Å². The number of rotatable bonds is 5. The Bertz CT molecular complexity index is 1390. The van der Waals surface area contributed by atoms with E-state index in [9.17, 15) is 9.59 Å². The van der Waals surface area contributed by atoms with E-state index in [0.717, 1.165) is 46.2 Å². The summed E-state index contributed by atoms with van der Waals surface area (Å²) in [4.78, 5) is 32.3. The molecule has 35 heavy (non-hydrogen) atoms. The standard InChI is InChI=1S/C26H27N5O3S/c1-16-10-12-19(13-11-16)31-23-22(17(2)29-31)35-26(28-23)30-14-6-7-18(15-30)24(32)27-21-9-5-4-8-20(21)25(33)34-3/h4-5,8-13,18H,6-7,14-15H2,1-3H3,(H,27,32)/t18-/m0/s1. The van der Waals surface area contributed by atoms with Crippen molar-refractivity contribution in [3.05, 3.63) is 65.4 Å². The van der Waals surface area contributed by atoms with Gasteiger partial charge in [0, 0.05) is 13.1 Å². The number of anilines is 2. The second-order valence-electron chi connectivity index (χ2n) is 8.79. The summed E-state index contributed by atoms with van der Waals surface area (Å²) in [6.45, 7) is 5.47. The Balaban J connectivity index is 1.36. The van der Waals surface area contributed by atoms with Crippen LogP contribution in [0.25, 0.3) is 16.0 Å². The number of nitrogens with one attached hydrogen (secondary N) is 1. The number of esters is 1. The van der Waals surface area contributed by atoms with Gasteiger partial charge in [0.25, 0.3) is 0 Å². The molecule has 1 amide bonds. The van der Waals surface area contributed by atoms with E-state index in [-0.39, 0.29) is 11.8 Å². The highest BCUT2D eigenvalue weighted by Gasteiger charge is 2.29. The number of ether oxygens (including phenoxy) is 1. The number of aryl methyl sites for hydroxylation is 2. The van der Waals surface area contributed by atoms with Crippen LogP contribution in [-0.4, -0.2) is 46.8 Å². The number of methoxy groups -OCH3 is 1. The van der Waals surface area contributed by atoms with Crippen LogP contribution in [0.15, 0.2) is 48.5 Å². The zero-order chi connectivity index (χ0) is 24.5. The van der Waals surface area contributed by atoms with Gasteiger partial charge in [-0.05, 0) is 51.0 Å². The van der Waals surface area contributed by atoms with Crippen molar-refractivity contribution in [3.63, 3.8) is 0 Å². The molecule has 0 aliphatic carbocycles. The van der Waals surface area contributed by atoms with Gasteiger partial charge in [0.1, 0.15) is 0 Å². The normalized spacial score (nSPS) is 15.9. The lowest BCUT2D eigenvalue weighted by atomic mass is 9.97. The molecule has 0 bridgehead atoms. The molecule has 0 saturated carbocycles. The van der Waals surface area contributed by atoms with Crippen LogP contribution in [0.3, 0.4) is 0 Å². The van der Waals surface area contributed by atoms with Crippen molar-refractivity contribution in [3.8, 4) is 5.69 Å². The van der Waals surface area contributed by atoms with Crippen molar-refractivity contribution in [2.45, 2.75) is 26.7 Å². The first-order chi connectivity index (χ1) is 16.9. The zero-order valence-corrected chi connectivity index (χ0v) is 20.8. The van der Waals surface area contributed by atoms with Gasteiger partial charge in [-0.25, -0.2) is 9.48 Å². The fraction of sp³-hybridized carbons (Fsp3) is 0.308. The quantitative estimate of drug-likeness (QED) is 0.407. The van der Waals surface area contributed by atoms with Crippen molar-refractivity contribution < 1.29 is 14.3 Å². The minimum atomic E-state index is -0.473. The second-order valence-corrected chi connectivity index (χ2v) is 9.77. The molecule has 0 spiro atoms. The fourth-order valence-electron chi connectivity index (χ4n) is 4.40. The smallest absolute Gasteiger partial charge is 0.339 e. The van der Waals surface area contributed by atoms with Crippen molar-refractivity contribution >= 4 is 44.4 Å². The van der Waals surface area contributed by atoms with Gasteiger partial charge in [0.2, 0.25) is 5.91 Å². The van der Waals surface area contributed by atoms with Crippen LogP contribution in [0, 0.1) is 19.8 Å². The number of fused-ring (bicyclic) bond motifs is 1. The Morgan fingerprint density at radius 3 is 2.66 bits per heavy atom. The number of piperidine rings is 1. The van der Waals surface area contributed by atoms with Gasteiger partial charge in [-0.1, -0.05) is 41.2 Å². The van der Waals surface area contributed by atoms with Crippen LogP contribution in [0.5, 0.6) is 0 Å². The maximum atomic E-state index is 13.1. The summed E-state index contributed by atoms with van der Waals surface area (Å²) in [6, 6.07) is 15.1. The number of carbonyl (C=O) groups is 2. The first kappa shape index (κ1) is 23.0. The molecule has 180 valence electrons. The lowest BCUT2D eigenvalue weighted by molar-refractivity contribution is -0.120. The molecule has 4 aromatic rings. The van der Waals surface area contributed by atoms with Crippen molar-refractivity contribution in [1.29, 1.82) is 0 Å². The highest BCUT2D eigenvalue weighted by molar-refractivity contribution is 7.22. The summed E-state index contributed by atoms with van der Waals surface area (Å²) < 4.78 is 7.79. The Morgan fingerprint density at radius 2 is 1.89 bits per heavy atom. The van der Waals surface area contributed by atoms with Crippen LogP contribution >= 0.6 is 11.3 Å². The number of amides is 1. The lowest BCUT2D eigenvalue weighted by Gasteiger charge is -2.31. The Hall–Kier alpha value is -3.72. The number of para-hydroxylation sites is 1. The van der Waals surface area contributed by atoms with E-state index in [1.54, 1.807) is 35.6 Å². The average molecular weight is 490 g/mol.